The Morgan fingerprint density at radius 3 is 2.60 bits per heavy atom. The van der Waals surface area contributed by atoms with Crippen LogP contribution in [0.15, 0.2) is 47.0 Å². The number of benzene rings is 1. The SMILES string of the molecule is Cc1cnc(-c2cccc3c2oc2nc(CC(C)C)ccc23)cc1C. The molecule has 0 aliphatic carbocycles. The second kappa shape index (κ2) is 5.99. The topological polar surface area (TPSA) is 38.9 Å². The summed E-state index contributed by atoms with van der Waals surface area (Å²) in [5, 5.41) is 2.16. The van der Waals surface area contributed by atoms with E-state index in [1.807, 2.05) is 6.20 Å². The van der Waals surface area contributed by atoms with Gasteiger partial charge >= 0.3 is 0 Å². The molecule has 3 heteroatoms. The average Bonchev–Trinajstić information content (AvgIpc) is 2.94. The van der Waals surface area contributed by atoms with Crippen LogP contribution in [0.2, 0.25) is 0 Å². The van der Waals surface area contributed by atoms with E-state index in [0.29, 0.717) is 11.6 Å². The molecule has 126 valence electrons. The van der Waals surface area contributed by atoms with Crippen LogP contribution in [0.5, 0.6) is 0 Å². The summed E-state index contributed by atoms with van der Waals surface area (Å²) in [7, 11) is 0. The smallest absolute Gasteiger partial charge is 0.227 e. The minimum Gasteiger partial charge on any atom is -0.437 e. The van der Waals surface area contributed by atoms with E-state index in [1.165, 1.54) is 11.1 Å². The number of aryl methyl sites for hydroxylation is 2. The Morgan fingerprint density at radius 2 is 1.84 bits per heavy atom. The van der Waals surface area contributed by atoms with Crippen molar-refractivity contribution in [1.82, 2.24) is 9.97 Å². The maximum Gasteiger partial charge on any atom is 0.227 e. The quantitative estimate of drug-likeness (QED) is 0.472. The largest absolute Gasteiger partial charge is 0.437 e. The molecule has 0 aliphatic rings. The third-order valence-corrected chi connectivity index (χ3v) is 4.69. The Labute approximate surface area is 147 Å². The first-order chi connectivity index (χ1) is 12.0. The first-order valence-electron chi connectivity index (χ1n) is 8.77. The fourth-order valence-corrected chi connectivity index (χ4v) is 3.22. The van der Waals surface area contributed by atoms with Gasteiger partial charge in [-0.2, -0.15) is 0 Å². The van der Waals surface area contributed by atoms with E-state index in [9.17, 15) is 0 Å². The van der Waals surface area contributed by atoms with E-state index in [-0.39, 0.29) is 0 Å². The van der Waals surface area contributed by atoms with Crippen molar-refractivity contribution in [2.45, 2.75) is 34.1 Å². The van der Waals surface area contributed by atoms with Crippen LogP contribution in [0.3, 0.4) is 0 Å². The molecule has 0 saturated carbocycles. The van der Waals surface area contributed by atoms with Crippen LogP contribution in [0.25, 0.3) is 33.3 Å². The van der Waals surface area contributed by atoms with Crippen molar-refractivity contribution >= 4 is 22.1 Å². The summed E-state index contributed by atoms with van der Waals surface area (Å²) in [6.07, 6.45) is 2.88. The van der Waals surface area contributed by atoms with Crippen LogP contribution in [-0.4, -0.2) is 9.97 Å². The highest BCUT2D eigenvalue weighted by Gasteiger charge is 2.14. The highest BCUT2D eigenvalue weighted by molar-refractivity contribution is 6.08. The number of hydrogen-bond acceptors (Lipinski definition) is 3. The highest BCUT2D eigenvalue weighted by Crippen LogP contribution is 2.35. The second-order valence-corrected chi connectivity index (χ2v) is 7.19. The first kappa shape index (κ1) is 15.8. The summed E-state index contributed by atoms with van der Waals surface area (Å²) in [5.74, 6) is 0.574. The zero-order chi connectivity index (χ0) is 17.6. The lowest BCUT2D eigenvalue weighted by molar-refractivity contribution is 0.621. The van der Waals surface area contributed by atoms with Gasteiger partial charge in [0, 0.05) is 28.2 Å². The van der Waals surface area contributed by atoms with Crippen molar-refractivity contribution < 1.29 is 4.42 Å². The van der Waals surface area contributed by atoms with Crippen molar-refractivity contribution in [1.29, 1.82) is 0 Å². The van der Waals surface area contributed by atoms with E-state index >= 15 is 0 Å². The lowest BCUT2D eigenvalue weighted by atomic mass is 10.0. The van der Waals surface area contributed by atoms with Crippen molar-refractivity contribution in [3.05, 3.63) is 59.4 Å². The van der Waals surface area contributed by atoms with Crippen LogP contribution >= 0.6 is 0 Å². The van der Waals surface area contributed by atoms with E-state index in [2.05, 4.69) is 69.1 Å². The molecule has 0 bridgehead atoms. The van der Waals surface area contributed by atoms with Gasteiger partial charge < -0.3 is 4.42 Å². The van der Waals surface area contributed by atoms with Crippen LogP contribution < -0.4 is 0 Å². The molecule has 3 aromatic heterocycles. The lowest BCUT2D eigenvalue weighted by Crippen LogP contribution is -1.96. The van der Waals surface area contributed by atoms with Crippen molar-refractivity contribution in [2.75, 3.05) is 0 Å². The Hall–Kier alpha value is -2.68. The Morgan fingerprint density at radius 1 is 1.00 bits per heavy atom. The Bertz CT molecular complexity index is 1080. The van der Waals surface area contributed by atoms with Crippen molar-refractivity contribution in [3.8, 4) is 11.3 Å². The molecular formula is C22H22N2O. The number of hydrogen-bond donors (Lipinski definition) is 0. The molecule has 0 N–H and O–H groups in total. The normalized spacial score (nSPS) is 11.7. The average molecular weight is 330 g/mol. The molecule has 0 aliphatic heterocycles. The van der Waals surface area contributed by atoms with Gasteiger partial charge in [0.05, 0.1) is 5.69 Å². The highest BCUT2D eigenvalue weighted by atomic mass is 16.3. The third-order valence-electron chi connectivity index (χ3n) is 4.69. The zero-order valence-corrected chi connectivity index (χ0v) is 15.1. The van der Waals surface area contributed by atoms with E-state index in [0.717, 1.165) is 39.7 Å². The third kappa shape index (κ3) is 2.80. The number of furan rings is 1. The van der Waals surface area contributed by atoms with E-state index in [4.69, 9.17) is 9.40 Å². The van der Waals surface area contributed by atoms with Gasteiger partial charge in [-0.1, -0.05) is 26.0 Å². The summed E-state index contributed by atoms with van der Waals surface area (Å²) >= 11 is 0. The van der Waals surface area contributed by atoms with Crippen LogP contribution in [0.1, 0.15) is 30.7 Å². The number of pyridine rings is 2. The van der Waals surface area contributed by atoms with Crippen molar-refractivity contribution in [3.63, 3.8) is 0 Å². The number of rotatable bonds is 3. The van der Waals surface area contributed by atoms with Crippen molar-refractivity contribution in [2.24, 2.45) is 5.92 Å². The predicted molar refractivity (Wildman–Crippen MR) is 103 cm³/mol. The minimum atomic E-state index is 0.574. The molecule has 3 heterocycles. The first-order valence-corrected chi connectivity index (χ1v) is 8.77. The fraction of sp³-hybridized carbons (Fsp3) is 0.273. The Balaban J connectivity index is 1.92. The van der Waals surface area contributed by atoms with Gasteiger partial charge in [0.1, 0.15) is 5.58 Å². The van der Waals surface area contributed by atoms with Gasteiger partial charge in [-0.05, 0) is 61.6 Å². The second-order valence-electron chi connectivity index (χ2n) is 7.19. The molecular weight excluding hydrogens is 308 g/mol. The molecule has 1 aromatic carbocycles. The summed E-state index contributed by atoms with van der Waals surface area (Å²) in [6.45, 7) is 8.59. The number of fused-ring (bicyclic) bond motifs is 3. The predicted octanol–water partition coefficient (Wildman–Crippen LogP) is 5.86. The molecule has 0 saturated heterocycles. The van der Waals surface area contributed by atoms with Gasteiger partial charge in [-0.25, -0.2) is 4.98 Å². The van der Waals surface area contributed by atoms with Gasteiger partial charge in [0.15, 0.2) is 0 Å². The summed E-state index contributed by atoms with van der Waals surface area (Å²) in [5.41, 5.74) is 7.04. The molecule has 0 fully saturated rings. The number of para-hydroxylation sites is 1. The maximum absolute atomic E-state index is 6.18. The molecule has 0 radical (unpaired) electrons. The number of nitrogens with zero attached hydrogens (tertiary/aromatic N) is 2. The molecule has 0 unspecified atom stereocenters. The van der Waals surface area contributed by atoms with Gasteiger partial charge in [-0.3, -0.25) is 4.98 Å². The van der Waals surface area contributed by atoms with Crippen LogP contribution in [0, 0.1) is 19.8 Å². The molecule has 3 nitrogen and oxygen atoms in total. The zero-order valence-electron chi connectivity index (χ0n) is 15.1. The van der Waals surface area contributed by atoms with Gasteiger partial charge in [0.2, 0.25) is 5.71 Å². The standard InChI is InChI=1S/C22H22N2O/c1-13(2)10-16-8-9-18-17-6-5-7-19(21(17)25-22(18)24-16)20-11-14(3)15(4)12-23-20/h5-9,11-13H,10H2,1-4H3. The molecule has 0 spiro atoms. The minimum absolute atomic E-state index is 0.574. The number of aromatic nitrogens is 2. The van der Waals surface area contributed by atoms with Crippen LogP contribution in [-0.2, 0) is 6.42 Å². The fourth-order valence-electron chi connectivity index (χ4n) is 3.22. The van der Waals surface area contributed by atoms with E-state index in [1.54, 1.807) is 0 Å². The van der Waals surface area contributed by atoms with Gasteiger partial charge in [-0.15, -0.1) is 0 Å². The summed E-state index contributed by atoms with van der Waals surface area (Å²) in [4.78, 5) is 9.34. The molecule has 4 rings (SSSR count). The lowest BCUT2D eigenvalue weighted by Gasteiger charge is -2.05. The maximum atomic E-state index is 6.18. The molecule has 4 aromatic rings. The van der Waals surface area contributed by atoms with E-state index < -0.39 is 0 Å². The Kier molecular flexibility index (Phi) is 3.79. The monoisotopic (exact) mass is 330 g/mol. The van der Waals surface area contributed by atoms with Gasteiger partial charge in [0.25, 0.3) is 0 Å². The summed E-state index contributed by atoms with van der Waals surface area (Å²) < 4.78 is 6.18. The summed E-state index contributed by atoms with van der Waals surface area (Å²) in [6, 6.07) is 12.6. The molecule has 0 amide bonds. The molecule has 25 heavy (non-hydrogen) atoms. The molecule has 0 atom stereocenters. The van der Waals surface area contributed by atoms with Crippen LogP contribution in [0.4, 0.5) is 0 Å².